The summed E-state index contributed by atoms with van der Waals surface area (Å²) >= 11 is 0. The molecule has 20 heavy (non-hydrogen) atoms. The second-order valence-electron chi connectivity index (χ2n) is 5.65. The highest BCUT2D eigenvalue weighted by atomic mass is 16.4. The van der Waals surface area contributed by atoms with Gasteiger partial charge in [-0.2, -0.15) is 0 Å². The van der Waals surface area contributed by atoms with Crippen molar-refractivity contribution in [3.8, 4) is 0 Å². The van der Waals surface area contributed by atoms with E-state index in [2.05, 4.69) is 5.32 Å². The minimum atomic E-state index is -1.01. The monoisotopic (exact) mass is 275 g/mol. The van der Waals surface area contributed by atoms with Gasteiger partial charge in [-0.1, -0.05) is 31.4 Å². The molecule has 1 aromatic carbocycles. The summed E-state index contributed by atoms with van der Waals surface area (Å²) in [5, 5.41) is 12.1. The third-order valence-electron chi connectivity index (χ3n) is 4.37. The zero-order valence-corrected chi connectivity index (χ0v) is 12.0. The van der Waals surface area contributed by atoms with Gasteiger partial charge < -0.3 is 10.4 Å². The Labute approximate surface area is 119 Å². The molecule has 0 unspecified atom stereocenters. The molecule has 0 heterocycles. The number of anilines is 1. The van der Waals surface area contributed by atoms with Gasteiger partial charge >= 0.3 is 5.97 Å². The molecule has 0 saturated heterocycles. The first kappa shape index (κ1) is 14.6. The third kappa shape index (κ3) is 2.69. The van der Waals surface area contributed by atoms with E-state index >= 15 is 0 Å². The Morgan fingerprint density at radius 2 is 1.95 bits per heavy atom. The van der Waals surface area contributed by atoms with E-state index in [9.17, 15) is 14.7 Å². The van der Waals surface area contributed by atoms with Gasteiger partial charge in [0.1, 0.15) is 0 Å². The van der Waals surface area contributed by atoms with Gasteiger partial charge in [-0.3, -0.25) is 4.79 Å². The van der Waals surface area contributed by atoms with Crippen LogP contribution in [0.3, 0.4) is 0 Å². The molecule has 0 spiro atoms. The van der Waals surface area contributed by atoms with Crippen molar-refractivity contribution in [2.45, 2.75) is 46.0 Å². The molecule has 0 atom stereocenters. The van der Waals surface area contributed by atoms with E-state index in [0.717, 1.165) is 37.7 Å². The van der Waals surface area contributed by atoms with Crippen molar-refractivity contribution < 1.29 is 14.7 Å². The first-order valence-electron chi connectivity index (χ1n) is 7.14. The molecular formula is C16H21NO3. The average molecular weight is 275 g/mol. The molecule has 0 aromatic heterocycles. The maximum absolute atomic E-state index is 12.5. The van der Waals surface area contributed by atoms with Gasteiger partial charge in [0.2, 0.25) is 5.91 Å². The second kappa shape index (κ2) is 5.65. The SMILES string of the molecule is CCC1(C(=O)Nc2ccc(C)cc2C(=O)O)CCCC1. The van der Waals surface area contributed by atoms with Gasteiger partial charge in [-0.25, -0.2) is 4.79 Å². The van der Waals surface area contributed by atoms with E-state index in [1.54, 1.807) is 12.1 Å². The lowest BCUT2D eigenvalue weighted by Gasteiger charge is -2.26. The fraction of sp³-hybridized carbons (Fsp3) is 0.500. The van der Waals surface area contributed by atoms with Crippen molar-refractivity contribution in [2.24, 2.45) is 5.41 Å². The summed E-state index contributed by atoms with van der Waals surface area (Å²) in [6, 6.07) is 5.08. The minimum Gasteiger partial charge on any atom is -0.478 e. The van der Waals surface area contributed by atoms with Crippen LogP contribution in [0.5, 0.6) is 0 Å². The van der Waals surface area contributed by atoms with Crippen LogP contribution in [0, 0.1) is 12.3 Å². The number of hydrogen-bond acceptors (Lipinski definition) is 2. The number of aryl methyl sites for hydroxylation is 1. The van der Waals surface area contributed by atoms with Crippen LogP contribution in [0.1, 0.15) is 54.9 Å². The van der Waals surface area contributed by atoms with Crippen LogP contribution in [0.25, 0.3) is 0 Å². The first-order chi connectivity index (χ1) is 9.48. The summed E-state index contributed by atoms with van der Waals surface area (Å²) in [5.41, 5.74) is 1.10. The van der Waals surface area contributed by atoms with Crippen molar-refractivity contribution in [1.82, 2.24) is 0 Å². The normalized spacial score (nSPS) is 16.9. The Balaban J connectivity index is 2.25. The van der Waals surface area contributed by atoms with Gasteiger partial charge in [0.15, 0.2) is 0 Å². The van der Waals surface area contributed by atoms with E-state index in [1.807, 2.05) is 19.9 Å². The van der Waals surface area contributed by atoms with Gasteiger partial charge in [0.05, 0.1) is 11.3 Å². The van der Waals surface area contributed by atoms with E-state index in [4.69, 9.17) is 0 Å². The van der Waals surface area contributed by atoms with Crippen LogP contribution < -0.4 is 5.32 Å². The van der Waals surface area contributed by atoms with Crippen molar-refractivity contribution >= 4 is 17.6 Å². The predicted octanol–water partition coefficient (Wildman–Crippen LogP) is 3.60. The summed E-state index contributed by atoms with van der Waals surface area (Å²) in [6.45, 7) is 3.86. The highest BCUT2D eigenvalue weighted by molar-refractivity contribution is 6.02. The maximum atomic E-state index is 12.5. The van der Waals surface area contributed by atoms with E-state index < -0.39 is 5.97 Å². The van der Waals surface area contributed by atoms with Crippen molar-refractivity contribution in [3.05, 3.63) is 29.3 Å². The van der Waals surface area contributed by atoms with Crippen molar-refractivity contribution in [1.29, 1.82) is 0 Å². The number of amides is 1. The van der Waals surface area contributed by atoms with Gasteiger partial charge in [0, 0.05) is 5.41 Å². The molecule has 0 aliphatic heterocycles. The quantitative estimate of drug-likeness (QED) is 0.882. The van der Waals surface area contributed by atoms with Crippen molar-refractivity contribution in [2.75, 3.05) is 5.32 Å². The maximum Gasteiger partial charge on any atom is 0.337 e. The lowest BCUT2D eigenvalue weighted by Crippen LogP contribution is -2.33. The van der Waals surface area contributed by atoms with Crippen LogP contribution in [0.2, 0.25) is 0 Å². The van der Waals surface area contributed by atoms with E-state index in [-0.39, 0.29) is 16.9 Å². The van der Waals surface area contributed by atoms with Gasteiger partial charge in [-0.05, 0) is 38.3 Å². The molecule has 1 saturated carbocycles. The fourth-order valence-electron chi connectivity index (χ4n) is 2.99. The number of hydrogen-bond donors (Lipinski definition) is 2. The molecule has 1 aromatic rings. The molecule has 4 heteroatoms. The summed E-state index contributed by atoms with van der Waals surface area (Å²) in [4.78, 5) is 23.8. The highest BCUT2D eigenvalue weighted by Crippen LogP contribution is 2.42. The van der Waals surface area contributed by atoms with E-state index in [0.29, 0.717) is 5.69 Å². The summed E-state index contributed by atoms with van der Waals surface area (Å²) in [5.74, 6) is -1.05. The number of carboxylic acid groups (broad SMARTS) is 1. The van der Waals surface area contributed by atoms with Gasteiger partial charge in [0.25, 0.3) is 0 Å². The molecule has 2 N–H and O–H groups in total. The number of carbonyl (C=O) groups excluding carboxylic acids is 1. The molecule has 0 radical (unpaired) electrons. The minimum absolute atomic E-state index is 0.0381. The summed E-state index contributed by atoms with van der Waals surface area (Å²) in [7, 11) is 0. The number of carboxylic acids is 1. The van der Waals surface area contributed by atoms with Gasteiger partial charge in [-0.15, -0.1) is 0 Å². The van der Waals surface area contributed by atoms with Crippen LogP contribution in [-0.2, 0) is 4.79 Å². The Hall–Kier alpha value is -1.84. The molecule has 4 nitrogen and oxygen atoms in total. The highest BCUT2D eigenvalue weighted by Gasteiger charge is 2.39. The summed E-state index contributed by atoms with van der Waals surface area (Å²) < 4.78 is 0. The number of nitrogens with one attached hydrogen (secondary N) is 1. The van der Waals surface area contributed by atoms with Crippen LogP contribution in [-0.4, -0.2) is 17.0 Å². The van der Waals surface area contributed by atoms with Crippen LogP contribution in [0.15, 0.2) is 18.2 Å². The average Bonchev–Trinajstić information content (AvgIpc) is 2.90. The number of aromatic carboxylic acids is 1. The molecule has 0 bridgehead atoms. The Morgan fingerprint density at radius 1 is 1.30 bits per heavy atom. The lowest BCUT2D eigenvalue weighted by atomic mass is 9.82. The lowest BCUT2D eigenvalue weighted by molar-refractivity contribution is -0.125. The standard InChI is InChI=1S/C16H21NO3/c1-3-16(8-4-5-9-16)15(20)17-13-7-6-11(2)10-12(13)14(18)19/h6-7,10H,3-5,8-9H2,1-2H3,(H,17,20)(H,18,19). The molecular weight excluding hydrogens is 254 g/mol. The molecule has 108 valence electrons. The molecule has 2 rings (SSSR count). The topological polar surface area (TPSA) is 66.4 Å². The molecule has 1 amide bonds. The molecule has 1 fully saturated rings. The number of rotatable bonds is 4. The Kier molecular flexibility index (Phi) is 4.12. The predicted molar refractivity (Wildman–Crippen MR) is 78.0 cm³/mol. The van der Waals surface area contributed by atoms with Crippen molar-refractivity contribution in [3.63, 3.8) is 0 Å². The number of benzene rings is 1. The van der Waals surface area contributed by atoms with Crippen LogP contribution in [0.4, 0.5) is 5.69 Å². The van der Waals surface area contributed by atoms with Crippen LogP contribution >= 0.6 is 0 Å². The molecule has 1 aliphatic rings. The second-order valence-corrected chi connectivity index (χ2v) is 5.65. The molecule has 1 aliphatic carbocycles. The Bertz CT molecular complexity index is 531. The zero-order chi connectivity index (χ0) is 14.8. The first-order valence-corrected chi connectivity index (χ1v) is 7.14. The zero-order valence-electron chi connectivity index (χ0n) is 12.0. The fourth-order valence-corrected chi connectivity index (χ4v) is 2.99. The summed E-state index contributed by atoms with van der Waals surface area (Å²) in [6.07, 6.45) is 4.72. The van der Waals surface area contributed by atoms with E-state index in [1.165, 1.54) is 0 Å². The largest absolute Gasteiger partial charge is 0.478 e. The smallest absolute Gasteiger partial charge is 0.337 e. The third-order valence-corrected chi connectivity index (χ3v) is 4.37. The Morgan fingerprint density at radius 3 is 2.50 bits per heavy atom. The number of carbonyl (C=O) groups is 2.